The van der Waals surface area contributed by atoms with Gasteiger partial charge in [0, 0.05) is 11.4 Å². The highest BCUT2D eigenvalue weighted by Crippen LogP contribution is 2.28. The number of nitrogen functional groups attached to an aromatic ring is 2. The van der Waals surface area contributed by atoms with Crippen molar-refractivity contribution < 1.29 is 0 Å². The Morgan fingerprint density at radius 1 is 0.929 bits per heavy atom. The maximum absolute atomic E-state index is 5.90. The summed E-state index contributed by atoms with van der Waals surface area (Å²) in [5.74, 6) is 0. The van der Waals surface area contributed by atoms with Crippen LogP contribution in [0, 0.1) is 13.8 Å². The minimum atomic E-state index is 0.783. The van der Waals surface area contributed by atoms with Crippen molar-refractivity contribution in [1.82, 2.24) is 0 Å². The van der Waals surface area contributed by atoms with E-state index in [4.69, 9.17) is 11.5 Å². The first-order valence-corrected chi connectivity index (χ1v) is 4.64. The van der Waals surface area contributed by atoms with Crippen molar-refractivity contribution in [2.75, 3.05) is 11.5 Å². The molecule has 0 radical (unpaired) electrons. The van der Waals surface area contributed by atoms with Crippen LogP contribution in [0.4, 0.5) is 11.4 Å². The molecule has 0 amide bonds. The first-order chi connectivity index (χ1) is 6.59. The third kappa shape index (κ3) is 1.20. The summed E-state index contributed by atoms with van der Waals surface area (Å²) in [6.07, 6.45) is 0. The van der Waals surface area contributed by atoms with Gasteiger partial charge in [-0.15, -0.1) is 0 Å². The first-order valence-electron chi connectivity index (χ1n) is 4.64. The number of benzene rings is 2. The fraction of sp³-hybridized carbons (Fsp3) is 0.167. The second kappa shape index (κ2) is 2.91. The Morgan fingerprint density at radius 3 is 2.36 bits per heavy atom. The highest BCUT2D eigenvalue weighted by Gasteiger charge is 2.04. The van der Waals surface area contributed by atoms with Crippen LogP contribution in [0.3, 0.4) is 0 Å². The third-order valence-corrected chi connectivity index (χ3v) is 2.68. The van der Waals surface area contributed by atoms with E-state index in [0.717, 1.165) is 22.3 Å². The summed E-state index contributed by atoms with van der Waals surface area (Å²) in [6.45, 7) is 4.09. The molecule has 0 aliphatic carbocycles. The van der Waals surface area contributed by atoms with Crippen LogP contribution in [-0.2, 0) is 0 Å². The van der Waals surface area contributed by atoms with E-state index in [2.05, 4.69) is 6.92 Å². The third-order valence-electron chi connectivity index (χ3n) is 2.68. The Bertz CT molecular complexity index is 501. The smallest absolute Gasteiger partial charge is 0.0352 e. The van der Waals surface area contributed by atoms with Gasteiger partial charge in [0.05, 0.1) is 0 Å². The van der Waals surface area contributed by atoms with Crippen LogP contribution in [0.1, 0.15) is 11.1 Å². The molecule has 2 aromatic rings. The molecule has 0 aliphatic heterocycles. The average molecular weight is 186 g/mol. The topological polar surface area (TPSA) is 52.0 Å². The van der Waals surface area contributed by atoms with Crippen molar-refractivity contribution in [3.63, 3.8) is 0 Å². The summed E-state index contributed by atoms with van der Waals surface area (Å²) < 4.78 is 0. The molecular weight excluding hydrogens is 172 g/mol. The van der Waals surface area contributed by atoms with Gasteiger partial charge in [0.25, 0.3) is 0 Å². The Hall–Kier alpha value is -1.70. The monoisotopic (exact) mass is 186 g/mol. The minimum absolute atomic E-state index is 0.783. The molecule has 2 heteroatoms. The lowest BCUT2D eigenvalue weighted by Crippen LogP contribution is -1.94. The van der Waals surface area contributed by atoms with Crippen molar-refractivity contribution in [1.29, 1.82) is 0 Å². The Labute approximate surface area is 83.5 Å². The highest BCUT2D eigenvalue weighted by atomic mass is 14.6. The van der Waals surface area contributed by atoms with Crippen molar-refractivity contribution in [3.05, 3.63) is 35.4 Å². The highest BCUT2D eigenvalue weighted by molar-refractivity contribution is 5.94. The zero-order valence-electron chi connectivity index (χ0n) is 8.46. The number of fused-ring (bicyclic) bond motifs is 1. The van der Waals surface area contributed by atoms with Crippen molar-refractivity contribution in [2.45, 2.75) is 13.8 Å². The molecule has 0 saturated heterocycles. The van der Waals surface area contributed by atoms with Gasteiger partial charge >= 0.3 is 0 Å². The largest absolute Gasteiger partial charge is 0.399 e. The lowest BCUT2D eigenvalue weighted by atomic mass is 9.99. The van der Waals surface area contributed by atoms with E-state index in [1.54, 1.807) is 0 Å². The molecule has 2 aromatic carbocycles. The van der Waals surface area contributed by atoms with E-state index in [0.29, 0.717) is 0 Å². The molecule has 2 nitrogen and oxygen atoms in total. The second-order valence-electron chi connectivity index (χ2n) is 3.71. The molecule has 0 bridgehead atoms. The number of hydrogen-bond donors (Lipinski definition) is 2. The van der Waals surface area contributed by atoms with E-state index in [1.165, 1.54) is 10.9 Å². The molecule has 72 valence electrons. The van der Waals surface area contributed by atoms with Crippen LogP contribution < -0.4 is 11.5 Å². The molecular formula is C12H14N2. The predicted octanol–water partition coefficient (Wildman–Crippen LogP) is 2.62. The van der Waals surface area contributed by atoms with Crippen molar-refractivity contribution in [2.24, 2.45) is 0 Å². The van der Waals surface area contributed by atoms with Gasteiger partial charge in [-0.3, -0.25) is 0 Å². The van der Waals surface area contributed by atoms with Crippen LogP contribution >= 0.6 is 0 Å². The maximum atomic E-state index is 5.90. The van der Waals surface area contributed by atoms with Gasteiger partial charge in [0.15, 0.2) is 0 Å². The van der Waals surface area contributed by atoms with Gasteiger partial charge in [-0.1, -0.05) is 6.07 Å². The molecule has 4 N–H and O–H groups in total. The normalized spacial score (nSPS) is 10.7. The van der Waals surface area contributed by atoms with Crippen LogP contribution in [0.25, 0.3) is 10.8 Å². The maximum Gasteiger partial charge on any atom is 0.0352 e. The summed E-state index contributed by atoms with van der Waals surface area (Å²) in [4.78, 5) is 0. The summed E-state index contributed by atoms with van der Waals surface area (Å²) in [6, 6.07) is 7.96. The number of anilines is 2. The van der Waals surface area contributed by atoms with Crippen molar-refractivity contribution in [3.8, 4) is 0 Å². The quantitative estimate of drug-likeness (QED) is 0.621. The predicted molar refractivity (Wildman–Crippen MR) is 62.2 cm³/mol. The van der Waals surface area contributed by atoms with E-state index >= 15 is 0 Å². The molecule has 0 aromatic heterocycles. The van der Waals surface area contributed by atoms with Gasteiger partial charge in [-0.2, -0.15) is 0 Å². The molecule has 0 atom stereocenters. The molecule has 0 heterocycles. The summed E-state index contributed by atoms with van der Waals surface area (Å²) in [5.41, 5.74) is 15.6. The summed E-state index contributed by atoms with van der Waals surface area (Å²) in [5, 5.41) is 2.38. The van der Waals surface area contributed by atoms with Gasteiger partial charge in [0.2, 0.25) is 0 Å². The molecule has 0 saturated carbocycles. The Kier molecular flexibility index (Phi) is 1.84. The van der Waals surface area contributed by atoms with E-state index < -0.39 is 0 Å². The summed E-state index contributed by atoms with van der Waals surface area (Å²) in [7, 11) is 0. The standard InChI is InChI=1S/C12H14N2/c1-7-5-12(14)8(2)11-6-9(13)3-4-10(7)11/h3-6H,13-14H2,1-2H3. The molecule has 0 spiro atoms. The second-order valence-corrected chi connectivity index (χ2v) is 3.71. The van der Waals surface area contributed by atoms with Gasteiger partial charge in [-0.05, 0) is 53.9 Å². The molecule has 0 unspecified atom stereocenters. The van der Waals surface area contributed by atoms with Crippen LogP contribution in [0.15, 0.2) is 24.3 Å². The zero-order chi connectivity index (χ0) is 10.3. The molecule has 14 heavy (non-hydrogen) atoms. The number of hydrogen-bond acceptors (Lipinski definition) is 2. The average Bonchev–Trinajstić information content (AvgIpc) is 2.14. The Balaban J connectivity index is 2.95. The van der Waals surface area contributed by atoms with Crippen LogP contribution in [0.2, 0.25) is 0 Å². The lowest BCUT2D eigenvalue weighted by molar-refractivity contribution is 1.46. The fourth-order valence-corrected chi connectivity index (χ4v) is 1.79. The lowest BCUT2D eigenvalue weighted by Gasteiger charge is -2.09. The van der Waals surface area contributed by atoms with Gasteiger partial charge in [-0.25, -0.2) is 0 Å². The number of rotatable bonds is 0. The van der Waals surface area contributed by atoms with E-state index in [9.17, 15) is 0 Å². The molecule has 0 aliphatic rings. The molecule has 0 fully saturated rings. The van der Waals surface area contributed by atoms with Gasteiger partial charge < -0.3 is 11.5 Å². The Morgan fingerprint density at radius 2 is 1.64 bits per heavy atom. The van der Waals surface area contributed by atoms with E-state index in [1.807, 2.05) is 31.2 Å². The zero-order valence-corrected chi connectivity index (χ0v) is 8.46. The van der Waals surface area contributed by atoms with Crippen molar-refractivity contribution >= 4 is 22.1 Å². The minimum Gasteiger partial charge on any atom is -0.399 e. The number of aryl methyl sites for hydroxylation is 2. The first kappa shape index (κ1) is 8.88. The SMILES string of the molecule is Cc1cc(N)c(C)c2cc(N)ccc12. The fourth-order valence-electron chi connectivity index (χ4n) is 1.79. The summed E-state index contributed by atoms with van der Waals surface area (Å²) >= 11 is 0. The van der Waals surface area contributed by atoms with Crippen LogP contribution in [-0.4, -0.2) is 0 Å². The van der Waals surface area contributed by atoms with Crippen LogP contribution in [0.5, 0.6) is 0 Å². The molecule has 2 rings (SSSR count). The number of nitrogens with two attached hydrogens (primary N) is 2. The van der Waals surface area contributed by atoms with E-state index in [-0.39, 0.29) is 0 Å². The van der Waals surface area contributed by atoms with Gasteiger partial charge in [0.1, 0.15) is 0 Å².